The number of benzene rings is 1. The number of halogens is 1. The Balaban J connectivity index is 1.81. The van der Waals surface area contributed by atoms with Crippen LogP contribution in [0.4, 0.5) is 11.6 Å². The molecule has 4 heteroatoms. The zero-order chi connectivity index (χ0) is 14.8. The van der Waals surface area contributed by atoms with Crippen LogP contribution >= 0.6 is 15.9 Å². The van der Waals surface area contributed by atoms with E-state index in [1.807, 2.05) is 12.1 Å². The molecule has 1 aromatic heterocycles. The van der Waals surface area contributed by atoms with Gasteiger partial charge in [0.25, 0.3) is 0 Å². The number of furan rings is 1. The minimum absolute atomic E-state index is 0.781. The molecule has 1 aliphatic heterocycles. The third-order valence-corrected chi connectivity index (χ3v) is 4.33. The van der Waals surface area contributed by atoms with Gasteiger partial charge >= 0.3 is 0 Å². The summed E-state index contributed by atoms with van der Waals surface area (Å²) in [6.07, 6.45) is 4.26. The molecule has 0 spiro atoms. The first-order valence-electron chi connectivity index (χ1n) is 7.29. The Morgan fingerprint density at radius 2 is 1.95 bits per heavy atom. The normalized spacial score (nSPS) is 15.3. The van der Waals surface area contributed by atoms with Gasteiger partial charge in [0, 0.05) is 19.2 Å². The van der Waals surface area contributed by atoms with Gasteiger partial charge in [0.05, 0.1) is 16.4 Å². The Hall–Kier alpha value is -1.55. The van der Waals surface area contributed by atoms with Crippen LogP contribution in [0.15, 0.2) is 38.1 Å². The summed E-state index contributed by atoms with van der Waals surface area (Å²) < 4.78 is 6.92. The number of rotatable bonds is 3. The molecule has 2 aromatic rings. The zero-order valence-electron chi connectivity index (χ0n) is 12.4. The fraction of sp³-hybridized carbons (Fsp3) is 0.353. The second-order valence-electron chi connectivity index (χ2n) is 5.54. The molecule has 0 atom stereocenters. The summed E-state index contributed by atoms with van der Waals surface area (Å²) in [6.45, 7) is 6.30. The molecule has 0 N–H and O–H groups in total. The van der Waals surface area contributed by atoms with E-state index in [1.54, 1.807) is 6.21 Å². The Kier molecular flexibility index (Phi) is 4.15. The van der Waals surface area contributed by atoms with Gasteiger partial charge in [-0.05, 0) is 54.2 Å². The first-order chi connectivity index (χ1) is 10.1. The molecule has 21 heavy (non-hydrogen) atoms. The summed E-state index contributed by atoms with van der Waals surface area (Å²) in [5, 5.41) is 0. The van der Waals surface area contributed by atoms with Crippen LogP contribution in [0.2, 0.25) is 0 Å². The standard InChI is InChI=1S/C17H19BrN2O/c1-12-5-6-16(13(2)9-12)19-11-14-10-15(18)17(21-14)20-7-3-4-8-20/h5-6,9-11H,3-4,7-8H2,1-2H3. The SMILES string of the molecule is Cc1ccc(N=Cc2cc(Br)c(N3CCCC3)o2)c(C)c1. The van der Waals surface area contributed by atoms with Crippen molar-refractivity contribution in [2.75, 3.05) is 18.0 Å². The molecule has 0 radical (unpaired) electrons. The maximum Gasteiger partial charge on any atom is 0.210 e. The maximum absolute atomic E-state index is 5.91. The minimum Gasteiger partial charge on any atom is -0.438 e. The zero-order valence-corrected chi connectivity index (χ0v) is 14.0. The van der Waals surface area contributed by atoms with Crippen molar-refractivity contribution in [3.63, 3.8) is 0 Å². The van der Waals surface area contributed by atoms with Crippen molar-refractivity contribution in [1.29, 1.82) is 0 Å². The van der Waals surface area contributed by atoms with E-state index in [0.717, 1.165) is 34.9 Å². The molecular weight excluding hydrogens is 328 g/mol. The molecule has 0 amide bonds. The van der Waals surface area contributed by atoms with Crippen molar-refractivity contribution in [3.8, 4) is 0 Å². The van der Waals surface area contributed by atoms with E-state index in [4.69, 9.17) is 4.42 Å². The molecule has 1 saturated heterocycles. The lowest BCUT2D eigenvalue weighted by atomic mass is 10.1. The summed E-state index contributed by atoms with van der Waals surface area (Å²) in [6, 6.07) is 8.25. The van der Waals surface area contributed by atoms with Gasteiger partial charge < -0.3 is 9.32 Å². The molecule has 0 unspecified atom stereocenters. The highest BCUT2D eigenvalue weighted by molar-refractivity contribution is 9.10. The van der Waals surface area contributed by atoms with Gasteiger partial charge in [0.2, 0.25) is 5.88 Å². The van der Waals surface area contributed by atoms with Gasteiger partial charge in [-0.3, -0.25) is 4.99 Å². The lowest BCUT2D eigenvalue weighted by Crippen LogP contribution is -2.17. The molecule has 3 rings (SSSR count). The smallest absolute Gasteiger partial charge is 0.210 e. The van der Waals surface area contributed by atoms with Crippen LogP contribution in [0.25, 0.3) is 0 Å². The van der Waals surface area contributed by atoms with E-state index in [2.05, 4.69) is 51.8 Å². The minimum atomic E-state index is 0.781. The third kappa shape index (κ3) is 3.21. The van der Waals surface area contributed by atoms with Crippen LogP contribution in [-0.4, -0.2) is 19.3 Å². The number of aliphatic imine (C=N–C) groups is 1. The molecule has 0 bridgehead atoms. The second-order valence-corrected chi connectivity index (χ2v) is 6.40. The highest BCUT2D eigenvalue weighted by Gasteiger charge is 2.19. The van der Waals surface area contributed by atoms with Crippen LogP contribution in [0.3, 0.4) is 0 Å². The van der Waals surface area contributed by atoms with Gasteiger partial charge in [0.1, 0.15) is 5.76 Å². The van der Waals surface area contributed by atoms with Crippen LogP contribution in [0.5, 0.6) is 0 Å². The molecule has 110 valence electrons. The maximum atomic E-state index is 5.91. The molecule has 0 aliphatic carbocycles. The van der Waals surface area contributed by atoms with Gasteiger partial charge in [0.15, 0.2) is 0 Å². The number of hydrogen-bond donors (Lipinski definition) is 0. The fourth-order valence-electron chi connectivity index (χ4n) is 2.66. The van der Waals surface area contributed by atoms with Crippen molar-refractivity contribution in [1.82, 2.24) is 0 Å². The number of anilines is 1. The van der Waals surface area contributed by atoms with Gasteiger partial charge in [-0.2, -0.15) is 0 Å². The highest BCUT2D eigenvalue weighted by Crippen LogP contribution is 2.32. The molecule has 1 fully saturated rings. The molecule has 1 aliphatic rings. The first kappa shape index (κ1) is 14.4. The largest absolute Gasteiger partial charge is 0.438 e. The van der Waals surface area contributed by atoms with Gasteiger partial charge in [-0.1, -0.05) is 17.7 Å². The van der Waals surface area contributed by atoms with Crippen LogP contribution in [0, 0.1) is 13.8 Å². The van der Waals surface area contributed by atoms with E-state index in [1.165, 1.54) is 24.0 Å². The Bertz CT molecular complexity index is 669. The number of nitrogens with zero attached hydrogens (tertiary/aromatic N) is 2. The fourth-order valence-corrected chi connectivity index (χ4v) is 3.22. The van der Waals surface area contributed by atoms with E-state index in [0.29, 0.717) is 0 Å². The number of hydrogen-bond acceptors (Lipinski definition) is 3. The van der Waals surface area contributed by atoms with Gasteiger partial charge in [-0.15, -0.1) is 0 Å². The Labute approximate surface area is 133 Å². The predicted molar refractivity (Wildman–Crippen MR) is 91.0 cm³/mol. The summed E-state index contributed by atoms with van der Waals surface area (Å²) in [5.74, 6) is 1.71. The van der Waals surface area contributed by atoms with Crippen LogP contribution < -0.4 is 4.90 Å². The number of aryl methyl sites for hydroxylation is 2. The Morgan fingerprint density at radius 1 is 1.19 bits per heavy atom. The summed E-state index contributed by atoms with van der Waals surface area (Å²) >= 11 is 3.58. The van der Waals surface area contributed by atoms with E-state index < -0.39 is 0 Å². The van der Waals surface area contributed by atoms with Crippen molar-refractivity contribution >= 4 is 33.7 Å². The molecule has 0 saturated carbocycles. The van der Waals surface area contributed by atoms with Crippen LogP contribution in [0.1, 0.15) is 29.7 Å². The van der Waals surface area contributed by atoms with Crippen LogP contribution in [-0.2, 0) is 0 Å². The van der Waals surface area contributed by atoms with Crippen molar-refractivity contribution in [2.24, 2.45) is 4.99 Å². The lowest BCUT2D eigenvalue weighted by molar-refractivity contribution is 0.549. The first-order valence-corrected chi connectivity index (χ1v) is 8.08. The average Bonchev–Trinajstić information content (AvgIpc) is 3.07. The van der Waals surface area contributed by atoms with Crippen molar-refractivity contribution in [3.05, 3.63) is 45.6 Å². The topological polar surface area (TPSA) is 28.7 Å². The molecule has 3 nitrogen and oxygen atoms in total. The summed E-state index contributed by atoms with van der Waals surface area (Å²) in [5.41, 5.74) is 3.41. The summed E-state index contributed by atoms with van der Waals surface area (Å²) in [4.78, 5) is 6.82. The average molecular weight is 347 g/mol. The molecule has 1 aromatic carbocycles. The third-order valence-electron chi connectivity index (χ3n) is 3.76. The van der Waals surface area contributed by atoms with Gasteiger partial charge in [-0.25, -0.2) is 0 Å². The second kappa shape index (κ2) is 6.06. The van der Waals surface area contributed by atoms with E-state index in [-0.39, 0.29) is 0 Å². The predicted octanol–water partition coefficient (Wildman–Crippen LogP) is 5.01. The molecular formula is C17H19BrN2O. The molecule has 2 heterocycles. The van der Waals surface area contributed by atoms with Crippen molar-refractivity contribution < 1.29 is 4.42 Å². The Morgan fingerprint density at radius 3 is 2.67 bits per heavy atom. The highest BCUT2D eigenvalue weighted by atomic mass is 79.9. The van der Waals surface area contributed by atoms with E-state index >= 15 is 0 Å². The quantitative estimate of drug-likeness (QED) is 0.730. The van der Waals surface area contributed by atoms with E-state index in [9.17, 15) is 0 Å². The monoisotopic (exact) mass is 346 g/mol. The van der Waals surface area contributed by atoms with Crippen molar-refractivity contribution in [2.45, 2.75) is 26.7 Å². The lowest BCUT2D eigenvalue weighted by Gasteiger charge is -2.13. The summed E-state index contributed by atoms with van der Waals surface area (Å²) in [7, 11) is 0.